The van der Waals surface area contributed by atoms with Crippen molar-refractivity contribution in [3.05, 3.63) is 35.1 Å². The Kier molecular flexibility index (Phi) is 2.67. The molecule has 0 spiro atoms. The second-order valence-corrected chi connectivity index (χ2v) is 4.72. The number of rotatable bonds is 2. The number of carbonyl (C=O) groups is 1. The predicted octanol–water partition coefficient (Wildman–Crippen LogP) is 2.49. The van der Waals surface area contributed by atoms with E-state index in [1.807, 2.05) is 0 Å². The van der Waals surface area contributed by atoms with Gasteiger partial charge in [-0.25, -0.2) is 9.18 Å². The van der Waals surface area contributed by atoms with Gasteiger partial charge in [0, 0.05) is 0 Å². The highest BCUT2D eigenvalue weighted by Crippen LogP contribution is 2.59. The summed E-state index contributed by atoms with van der Waals surface area (Å²) in [6.07, 6.45) is 0. The van der Waals surface area contributed by atoms with Gasteiger partial charge in [0.15, 0.2) is 0 Å². The molecule has 17 heavy (non-hydrogen) atoms. The van der Waals surface area contributed by atoms with Crippen LogP contribution in [0.5, 0.6) is 0 Å². The van der Waals surface area contributed by atoms with Gasteiger partial charge >= 0.3 is 5.97 Å². The van der Waals surface area contributed by atoms with E-state index in [0.717, 1.165) is 0 Å². The molecule has 0 saturated carbocycles. The zero-order valence-corrected chi connectivity index (χ0v) is 10.5. The number of hydrogen-bond acceptors (Lipinski definition) is 3. The van der Waals surface area contributed by atoms with E-state index in [-0.39, 0.29) is 5.82 Å². The van der Waals surface area contributed by atoms with Crippen LogP contribution in [0.25, 0.3) is 0 Å². The summed E-state index contributed by atoms with van der Waals surface area (Å²) in [4.78, 5) is 11.5. The maximum atomic E-state index is 13.5. The van der Waals surface area contributed by atoms with Gasteiger partial charge in [-0.15, -0.1) is 0 Å². The van der Waals surface area contributed by atoms with Crippen LogP contribution in [-0.2, 0) is 19.9 Å². The molecule has 1 aromatic carbocycles. The van der Waals surface area contributed by atoms with Gasteiger partial charge in [0.25, 0.3) is 5.06 Å². The minimum atomic E-state index is -1.55. The van der Waals surface area contributed by atoms with Crippen LogP contribution in [0.3, 0.4) is 0 Å². The van der Waals surface area contributed by atoms with Crippen molar-refractivity contribution in [3.63, 3.8) is 0 Å². The van der Waals surface area contributed by atoms with Crippen molar-refractivity contribution in [2.75, 3.05) is 7.11 Å². The summed E-state index contributed by atoms with van der Waals surface area (Å²) >= 11 is 6.01. The van der Waals surface area contributed by atoms with Crippen molar-refractivity contribution >= 4 is 17.6 Å². The first-order chi connectivity index (χ1) is 7.85. The average Bonchev–Trinajstić information content (AvgIpc) is 2.87. The Hall–Kier alpha value is -1.13. The van der Waals surface area contributed by atoms with E-state index >= 15 is 0 Å². The van der Waals surface area contributed by atoms with E-state index in [1.54, 1.807) is 26.0 Å². The van der Waals surface area contributed by atoms with Gasteiger partial charge in [-0.1, -0.05) is 23.7 Å². The van der Waals surface area contributed by atoms with Gasteiger partial charge in [-0.3, -0.25) is 0 Å². The maximum Gasteiger partial charge on any atom is 0.357 e. The van der Waals surface area contributed by atoms with Gasteiger partial charge in [0.05, 0.1) is 7.11 Å². The summed E-state index contributed by atoms with van der Waals surface area (Å²) in [6, 6.07) is 4.63. The van der Waals surface area contributed by atoms with E-state index in [9.17, 15) is 9.18 Å². The van der Waals surface area contributed by atoms with Crippen LogP contribution in [0.1, 0.15) is 18.1 Å². The maximum absolute atomic E-state index is 13.5. The number of benzene rings is 1. The largest absolute Gasteiger partial charge is 0.466 e. The monoisotopic (exact) mass is 258 g/mol. The summed E-state index contributed by atoms with van der Waals surface area (Å²) in [5.74, 6) is -1.04. The average molecular weight is 259 g/mol. The molecular weight excluding hydrogens is 247 g/mol. The number of epoxide rings is 1. The Morgan fingerprint density at radius 2 is 2.18 bits per heavy atom. The first-order valence-electron chi connectivity index (χ1n) is 5.09. The Bertz CT molecular complexity index is 491. The topological polar surface area (TPSA) is 38.8 Å². The quantitative estimate of drug-likeness (QED) is 0.465. The summed E-state index contributed by atoms with van der Waals surface area (Å²) in [5.41, 5.74) is -0.00634. The lowest BCUT2D eigenvalue weighted by atomic mass is 9.96. The van der Waals surface area contributed by atoms with Crippen LogP contribution in [0, 0.1) is 12.7 Å². The molecule has 2 unspecified atom stereocenters. The summed E-state index contributed by atoms with van der Waals surface area (Å²) < 4.78 is 23.3. The lowest BCUT2D eigenvalue weighted by Crippen LogP contribution is -2.27. The molecule has 0 aliphatic carbocycles. The second kappa shape index (κ2) is 3.68. The molecule has 1 saturated heterocycles. The molecule has 2 rings (SSSR count). The Morgan fingerprint density at radius 1 is 1.53 bits per heavy atom. The third kappa shape index (κ3) is 1.63. The number of hydrogen-bond donors (Lipinski definition) is 0. The molecular formula is C12H12ClFO3. The van der Waals surface area contributed by atoms with E-state index < -0.39 is 16.6 Å². The second-order valence-electron chi connectivity index (χ2n) is 4.19. The van der Waals surface area contributed by atoms with Gasteiger partial charge in [0.2, 0.25) is 0 Å². The fourth-order valence-corrected chi connectivity index (χ4v) is 2.10. The molecule has 1 aliphatic rings. The van der Waals surface area contributed by atoms with Crippen molar-refractivity contribution in [2.45, 2.75) is 24.5 Å². The van der Waals surface area contributed by atoms with Gasteiger partial charge in [-0.2, -0.15) is 0 Å². The normalized spacial score (nSPS) is 31.1. The summed E-state index contributed by atoms with van der Waals surface area (Å²) in [6.45, 7) is 3.28. The minimum absolute atomic E-state index is 0.358. The number of carbonyl (C=O) groups excluding carboxylic acids is 1. The van der Waals surface area contributed by atoms with Crippen LogP contribution in [-0.4, -0.2) is 18.1 Å². The third-order valence-electron chi connectivity index (χ3n) is 3.09. The molecule has 2 atom stereocenters. The number of aryl methyl sites for hydroxylation is 1. The molecule has 1 heterocycles. The van der Waals surface area contributed by atoms with E-state index in [4.69, 9.17) is 16.3 Å². The highest BCUT2D eigenvalue weighted by atomic mass is 35.5. The minimum Gasteiger partial charge on any atom is -0.466 e. The molecule has 0 N–H and O–H groups in total. The molecule has 1 aliphatic heterocycles. The molecule has 3 nitrogen and oxygen atoms in total. The number of methoxy groups -OCH3 is 1. The number of esters is 1. The summed E-state index contributed by atoms with van der Waals surface area (Å²) in [5, 5.41) is -1.55. The van der Waals surface area contributed by atoms with E-state index in [2.05, 4.69) is 4.74 Å². The molecule has 1 aromatic rings. The van der Waals surface area contributed by atoms with Crippen LogP contribution in [0.4, 0.5) is 4.39 Å². The molecule has 1 fully saturated rings. The Balaban J connectivity index is 2.36. The Morgan fingerprint density at radius 3 is 2.71 bits per heavy atom. The fourth-order valence-electron chi connectivity index (χ4n) is 1.76. The fraction of sp³-hybridized carbons (Fsp3) is 0.417. The molecule has 5 heteroatoms. The highest BCUT2D eigenvalue weighted by Gasteiger charge is 2.73. The van der Waals surface area contributed by atoms with E-state index in [0.29, 0.717) is 11.1 Å². The lowest BCUT2D eigenvalue weighted by Gasteiger charge is -2.10. The third-order valence-corrected chi connectivity index (χ3v) is 3.68. The number of alkyl halides is 1. The van der Waals surface area contributed by atoms with Crippen LogP contribution < -0.4 is 0 Å². The van der Waals surface area contributed by atoms with Gasteiger partial charge in [-0.05, 0) is 31.0 Å². The lowest BCUT2D eigenvalue weighted by molar-refractivity contribution is -0.143. The molecule has 92 valence electrons. The Labute approximate surface area is 103 Å². The molecule has 0 aromatic heterocycles. The number of ether oxygens (including phenoxy) is 2. The number of halogens is 2. The van der Waals surface area contributed by atoms with Gasteiger partial charge < -0.3 is 9.47 Å². The highest BCUT2D eigenvalue weighted by molar-refractivity contribution is 6.35. The van der Waals surface area contributed by atoms with Crippen LogP contribution in [0.15, 0.2) is 18.2 Å². The van der Waals surface area contributed by atoms with Crippen molar-refractivity contribution in [1.29, 1.82) is 0 Å². The van der Waals surface area contributed by atoms with Crippen molar-refractivity contribution in [3.8, 4) is 0 Å². The SMILES string of the molecule is COC(=O)C1(Cl)OC1(C)c1ccc(C)c(F)c1. The molecule has 0 radical (unpaired) electrons. The van der Waals surface area contributed by atoms with Crippen molar-refractivity contribution in [2.24, 2.45) is 0 Å². The van der Waals surface area contributed by atoms with Crippen LogP contribution >= 0.6 is 11.6 Å². The van der Waals surface area contributed by atoms with Crippen LogP contribution in [0.2, 0.25) is 0 Å². The van der Waals surface area contributed by atoms with E-state index in [1.165, 1.54) is 13.2 Å². The van der Waals surface area contributed by atoms with Crippen molar-refractivity contribution < 1.29 is 18.7 Å². The van der Waals surface area contributed by atoms with Crippen molar-refractivity contribution in [1.82, 2.24) is 0 Å². The summed E-state index contributed by atoms with van der Waals surface area (Å²) in [7, 11) is 1.23. The predicted molar refractivity (Wildman–Crippen MR) is 60.2 cm³/mol. The zero-order chi connectivity index (χ0) is 12.8. The first kappa shape index (κ1) is 12.3. The zero-order valence-electron chi connectivity index (χ0n) is 9.71. The first-order valence-corrected chi connectivity index (χ1v) is 5.47. The van der Waals surface area contributed by atoms with Gasteiger partial charge in [0.1, 0.15) is 11.4 Å². The molecule has 0 bridgehead atoms. The molecule has 0 amide bonds. The standard InChI is InChI=1S/C12H12ClFO3/c1-7-4-5-8(6-9(7)14)11(2)12(13,17-11)10(15)16-3/h4-6H,1-3H3. The smallest absolute Gasteiger partial charge is 0.357 e.